The van der Waals surface area contributed by atoms with Crippen LogP contribution in [-0.2, 0) is 4.74 Å². The van der Waals surface area contributed by atoms with Gasteiger partial charge in [-0.3, -0.25) is 0 Å². The maximum atomic E-state index is 11.9. The van der Waals surface area contributed by atoms with Gasteiger partial charge in [0.05, 0.1) is 18.0 Å². The van der Waals surface area contributed by atoms with Gasteiger partial charge in [-0.2, -0.15) is 5.26 Å². The molecule has 2 aliphatic rings. The van der Waals surface area contributed by atoms with Gasteiger partial charge in [0.1, 0.15) is 5.60 Å². The summed E-state index contributed by atoms with van der Waals surface area (Å²) in [6.07, 6.45) is -0.304. The molecule has 2 heterocycles. The van der Waals surface area contributed by atoms with E-state index in [9.17, 15) is 4.79 Å². The van der Waals surface area contributed by atoms with Gasteiger partial charge >= 0.3 is 6.09 Å². The number of likely N-dealkylation sites (tertiary alicyclic amines) is 1. The van der Waals surface area contributed by atoms with Crippen LogP contribution in [0.3, 0.4) is 0 Å². The highest BCUT2D eigenvalue weighted by molar-refractivity contribution is 5.69. The van der Waals surface area contributed by atoms with Crippen LogP contribution in [0.25, 0.3) is 0 Å². The first kappa shape index (κ1) is 11.2. The monoisotopic (exact) mass is 223 g/mol. The Morgan fingerprint density at radius 2 is 2.25 bits per heavy atom. The smallest absolute Gasteiger partial charge is 0.410 e. The molecule has 2 fully saturated rings. The Labute approximate surface area is 95.4 Å². The van der Waals surface area contributed by atoms with Gasteiger partial charge in [-0.1, -0.05) is 0 Å². The molecule has 0 aliphatic carbocycles. The van der Waals surface area contributed by atoms with Gasteiger partial charge < -0.3 is 15.0 Å². The molecule has 0 aromatic carbocycles. The third-order valence-electron chi connectivity index (χ3n) is 3.00. The zero-order chi connectivity index (χ0) is 11.9. The maximum Gasteiger partial charge on any atom is 0.410 e. The first-order valence-corrected chi connectivity index (χ1v) is 5.55. The lowest BCUT2D eigenvalue weighted by atomic mass is 9.94. The molecule has 0 aromatic rings. The molecule has 0 bridgehead atoms. The predicted molar refractivity (Wildman–Crippen MR) is 57.6 cm³/mol. The summed E-state index contributed by atoms with van der Waals surface area (Å²) in [6.45, 7) is 6.79. The van der Waals surface area contributed by atoms with Crippen molar-refractivity contribution in [2.45, 2.75) is 38.5 Å². The summed E-state index contributed by atoms with van der Waals surface area (Å²) in [4.78, 5) is 13.6. The summed E-state index contributed by atoms with van der Waals surface area (Å²) in [5, 5.41) is 12.1. The summed E-state index contributed by atoms with van der Waals surface area (Å²) in [7, 11) is 0. The van der Waals surface area contributed by atoms with Crippen LogP contribution in [-0.4, -0.2) is 41.8 Å². The average Bonchev–Trinajstić information content (AvgIpc) is 2.34. The van der Waals surface area contributed by atoms with Crippen LogP contribution in [0.5, 0.6) is 0 Å². The molecule has 2 saturated heterocycles. The lowest BCUT2D eigenvalue weighted by molar-refractivity contribution is 0.0171. The van der Waals surface area contributed by atoms with Crippen LogP contribution in [0, 0.1) is 17.2 Å². The molecule has 0 aromatic heterocycles. The number of nitrogens with zero attached hydrogens (tertiary/aromatic N) is 2. The van der Waals surface area contributed by atoms with E-state index in [2.05, 4.69) is 11.4 Å². The van der Waals surface area contributed by atoms with E-state index >= 15 is 0 Å². The molecule has 88 valence electrons. The largest absolute Gasteiger partial charge is 0.444 e. The fourth-order valence-electron chi connectivity index (χ4n) is 2.19. The van der Waals surface area contributed by atoms with Crippen molar-refractivity contribution in [2.75, 3.05) is 13.1 Å². The van der Waals surface area contributed by atoms with E-state index in [0.717, 1.165) is 6.54 Å². The molecule has 2 rings (SSSR count). The number of amides is 1. The molecule has 0 saturated carbocycles. The maximum absolute atomic E-state index is 11.9. The topological polar surface area (TPSA) is 65.4 Å². The van der Waals surface area contributed by atoms with Crippen molar-refractivity contribution in [3.8, 4) is 6.07 Å². The lowest BCUT2D eigenvalue weighted by Crippen LogP contribution is -2.61. The van der Waals surface area contributed by atoms with Crippen molar-refractivity contribution in [2.24, 2.45) is 5.92 Å². The van der Waals surface area contributed by atoms with Gasteiger partial charge in [-0.05, 0) is 20.8 Å². The number of hydrogen-bond donors (Lipinski definition) is 1. The van der Waals surface area contributed by atoms with E-state index in [0.29, 0.717) is 6.54 Å². The van der Waals surface area contributed by atoms with E-state index < -0.39 is 5.60 Å². The molecule has 16 heavy (non-hydrogen) atoms. The zero-order valence-electron chi connectivity index (χ0n) is 9.86. The second-order valence-electron chi connectivity index (χ2n) is 5.37. The fourth-order valence-corrected chi connectivity index (χ4v) is 2.19. The van der Waals surface area contributed by atoms with Crippen molar-refractivity contribution >= 4 is 6.09 Å². The van der Waals surface area contributed by atoms with E-state index in [-0.39, 0.29) is 24.1 Å². The number of nitrogens with one attached hydrogen (secondary N) is 1. The number of hydrogen-bond acceptors (Lipinski definition) is 4. The average molecular weight is 223 g/mol. The Morgan fingerprint density at radius 3 is 2.62 bits per heavy atom. The summed E-state index contributed by atoms with van der Waals surface area (Å²) >= 11 is 0. The molecular weight excluding hydrogens is 206 g/mol. The van der Waals surface area contributed by atoms with Crippen molar-refractivity contribution in [1.29, 1.82) is 5.26 Å². The number of carbonyl (C=O) groups is 1. The van der Waals surface area contributed by atoms with Crippen molar-refractivity contribution < 1.29 is 9.53 Å². The highest BCUT2D eigenvalue weighted by Gasteiger charge is 2.50. The number of rotatable bonds is 0. The molecular formula is C11H17N3O2. The SMILES string of the molecule is CC(C)(C)OC(=O)N1C[C@@H](C#N)[C@@H]2NC[C@@H]21. The zero-order valence-corrected chi connectivity index (χ0v) is 9.86. The minimum absolute atomic E-state index is 0.105. The van der Waals surface area contributed by atoms with Crippen molar-refractivity contribution in [3.05, 3.63) is 0 Å². The summed E-state index contributed by atoms with van der Waals surface area (Å²) < 4.78 is 5.32. The predicted octanol–water partition coefficient (Wildman–Crippen LogP) is 0.717. The Morgan fingerprint density at radius 1 is 1.56 bits per heavy atom. The normalized spacial score (nSPS) is 32.6. The molecule has 3 atom stereocenters. The molecule has 0 radical (unpaired) electrons. The van der Waals surface area contributed by atoms with E-state index in [1.165, 1.54) is 0 Å². The molecule has 0 spiro atoms. The van der Waals surface area contributed by atoms with E-state index in [1.807, 2.05) is 20.8 Å². The van der Waals surface area contributed by atoms with Crippen LogP contribution in [0.4, 0.5) is 4.79 Å². The molecule has 0 unspecified atom stereocenters. The van der Waals surface area contributed by atoms with Gasteiger partial charge in [0.15, 0.2) is 0 Å². The third-order valence-corrected chi connectivity index (χ3v) is 3.00. The third kappa shape index (κ3) is 1.85. The molecule has 1 amide bonds. The second-order valence-corrected chi connectivity index (χ2v) is 5.37. The number of carbonyl (C=O) groups excluding carboxylic acids is 1. The van der Waals surface area contributed by atoms with Crippen LogP contribution in [0.15, 0.2) is 0 Å². The van der Waals surface area contributed by atoms with Crippen LogP contribution >= 0.6 is 0 Å². The lowest BCUT2D eigenvalue weighted by Gasteiger charge is -2.37. The van der Waals surface area contributed by atoms with Gasteiger partial charge in [0.2, 0.25) is 0 Å². The summed E-state index contributed by atoms with van der Waals surface area (Å²) in [5.74, 6) is -0.105. The van der Waals surface area contributed by atoms with Crippen LogP contribution < -0.4 is 5.32 Å². The van der Waals surface area contributed by atoms with Gasteiger partial charge in [0, 0.05) is 19.1 Å². The molecule has 5 heteroatoms. The minimum Gasteiger partial charge on any atom is -0.444 e. The second kappa shape index (κ2) is 3.63. The number of nitriles is 1. The quantitative estimate of drug-likeness (QED) is 0.657. The van der Waals surface area contributed by atoms with Crippen LogP contribution in [0.2, 0.25) is 0 Å². The Hall–Kier alpha value is -1.28. The van der Waals surface area contributed by atoms with Gasteiger partial charge in [-0.15, -0.1) is 0 Å². The highest BCUT2D eigenvalue weighted by Crippen LogP contribution is 2.30. The first-order valence-electron chi connectivity index (χ1n) is 5.55. The highest BCUT2D eigenvalue weighted by atomic mass is 16.6. The molecule has 1 N–H and O–H groups in total. The summed E-state index contributed by atoms with van der Waals surface area (Å²) in [5.41, 5.74) is -0.478. The van der Waals surface area contributed by atoms with Crippen molar-refractivity contribution in [1.82, 2.24) is 10.2 Å². The van der Waals surface area contributed by atoms with Crippen LogP contribution in [0.1, 0.15) is 20.8 Å². The van der Waals surface area contributed by atoms with Gasteiger partial charge in [-0.25, -0.2) is 4.79 Å². The first-order chi connectivity index (χ1) is 7.42. The Balaban J connectivity index is 2.01. The fraction of sp³-hybridized carbons (Fsp3) is 0.818. The van der Waals surface area contributed by atoms with Crippen molar-refractivity contribution in [3.63, 3.8) is 0 Å². The van der Waals surface area contributed by atoms with E-state index in [4.69, 9.17) is 10.00 Å². The van der Waals surface area contributed by atoms with Gasteiger partial charge in [0.25, 0.3) is 0 Å². The number of ether oxygens (including phenoxy) is 1. The molecule has 2 aliphatic heterocycles. The van der Waals surface area contributed by atoms with E-state index in [1.54, 1.807) is 4.90 Å². The Bertz CT molecular complexity index is 342. The molecule has 5 nitrogen and oxygen atoms in total. The standard InChI is InChI=1S/C11H17N3O2/c1-11(2,3)16-10(15)14-6-7(4-12)9-8(14)5-13-9/h7-9,13H,5-6H2,1-3H3/t7-,8+,9+/m1/s1. The summed E-state index contributed by atoms with van der Waals surface area (Å²) in [6, 6.07) is 2.51. The Kier molecular flexibility index (Phi) is 2.55. The number of fused-ring (bicyclic) bond motifs is 1. The minimum atomic E-state index is -0.478.